The molecule has 1 aromatic carbocycles. The molecule has 0 unspecified atom stereocenters. The van der Waals surface area contributed by atoms with Crippen LogP contribution in [0.1, 0.15) is 5.56 Å². The summed E-state index contributed by atoms with van der Waals surface area (Å²) in [4.78, 5) is 9.75. The minimum absolute atomic E-state index is 0.137. The molecule has 1 radical (unpaired) electrons. The van der Waals surface area contributed by atoms with Gasteiger partial charge in [0.15, 0.2) is 0 Å². The van der Waals surface area contributed by atoms with Crippen molar-refractivity contribution in [1.82, 2.24) is 4.72 Å². The van der Waals surface area contributed by atoms with Crippen molar-refractivity contribution >= 4 is 16.4 Å². The Morgan fingerprint density at radius 3 is 2.57 bits per heavy atom. The van der Waals surface area contributed by atoms with E-state index in [1.54, 1.807) is 4.72 Å². The van der Waals surface area contributed by atoms with Gasteiger partial charge in [0.05, 0.1) is 4.90 Å². The van der Waals surface area contributed by atoms with Crippen LogP contribution < -0.4 is 4.72 Å². The highest BCUT2D eigenvalue weighted by Crippen LogP contribution is 2.15. The number of rotatable bonds is 3. The van der Waals surface area contributed by atoms with Gasteiger partial charge in [-0.1, -0.05) is 0 Å². The Kier molecular flexibility index (Phi) is 2.85. The second kappa shape index (κ2) is 3.75. The third kappa shape index (κ3) is 2.08. The number of hydrogen-bond donors (Lipinski definition) is 1. The molecule has 0 aliphatic carbocycles. The third-order valence-electron chi connectivity index (χ3n) is 1.60. The van der Waals surface area contributed by atoms with E-state index in [1.807, 2.05) is 0 Å². The molecule has 1 N–H and O–H groups in total. The summed E-state index contributed by atoms with van der Waals surface area (Å²) in [5.41, 5.74) is 0.229. The maximum absolute atomic E-state index is 12.6. The zero-order chi connectivity index (χ0) is 10.8. The van der Waals surface area contributed by atoms with Gasteiger partial charge in [0, 0.05) is 0 Å². The standard InChI is InChI=1S/C8H7FNO3S/c1-6-4-7(9)2-3-8(6)14(12,13)10-5-11/h2-4H,1H3,(H,10,11). The molecule has 0 atom stereocenters. The first kappa shape index (κ1) is 10.6. The van der Waals surface area contributed by atoms with Crippen LogP contribution in [0.15, 0.2) is 23.1 Å². The maximum Gasteiger partial charge on any atom is 0.324 e. The average Bonchev–Trinajstić information content (AvgIpc) is 2.02. The van der Waals surface area contributed by atoms with Crippen LogP contribution in [0.25, 0.3) is 0 Å². The Morgan fingerprint density at radius 1 is 1.43 bits per heavy atom. The molecule has 0 aliphatic rings. The van der Waals surface area contributed by atoms with Gasteiger partial charge in [0.2, 0.25) is 0 Å². The van der Waals surface area contributed by atoms with E-state index in [1.165, 1.54) is 6.92 Å². The van der Waals surface area contributed by atoms with E-state index in [4.69, 9.17) is 0 Å². The average molecular weight is 216 g/mol. The Hall–Kier alpha value is -1.43. The van der Waals surface area contributed by atoms with Crippen molar-refractivity contribution in [3.05, 3.63) is 29.6 Å². The molecule has 4 nitrogen and oxygen atoms in total. The number of carbonyl (C=O) groups excluding carboxylic acids is 1. The van der Waals surface area contributed by atoms with Crippen molar-refractivity contribution in [3.63, 3.8) is 0 Å². The minimum Gasteiger partial charge on any atom is -0.262 e. The van der Waals surface area contributed by atoms with Gasteiger partial charge in [-0.15, -0.1) is 0 Å². The number of amides is 1. The molecular formula is C8H7FNO3S. The Morgan fingerprint density at radius 2 is 2.07 bits per heavy atom. The first-order chi connectivity index (χ1) is 6.47. The molecule has 0 aliphatic heterocycles. The van der Waals surface area contributed by atoms with Crippen molar-refractivity contribution < 1.29 is 17.6 Å². The van der Waals surface area contributed by atoms with Gasteiger partial charge in [-0.05, 0) is 30.7 Å². The summed E-state index contributed by atoms with van der Waals surface area (Å²) in [6.45, 7) is 1.43. The number of halogens is 1. The van der Waals surface area contributed by atoms with Gasteiger partial charge in [-0.25, -0.2) is 17.5 Å². The van der Waals surface area contributed by atoms with Crippen LogP contribution in [0.5, 0.6) is 0 Å². The molecule has 75 valence electrons. The number of aryl methyl sites for hydroxylation is 1. The fraction of sp³-hybridized carbons (Fsp3) is 0.125. The molecule has 0 saturated carbocycles. The van der Waals surface area contributed by atoms with Crippen LogP contribution >= 0.6 is 0 Å². The molecule has 0 aromatic heterocycles. The fourth-order valence-corrected chi connectivity index (χ4v) is 1.97. The molecule has 0 bridgehead atoms. The molecule has 14 heavy (non-hydrogen) atoms. The lowest BCUT2D eigenvalue weighted by Gasteiger charge is -2.04. The van der Waals surface area contributed by atoms with Crippen LogP contribution in [0.3, 0.4) is 0 Å². The fourth-order valence-electron chi connectivity index (χ4n) is 1.02. The lowest BCUT2D eigenvalue weighted by molar-refractivity contribution is 0.547. The Labute approximate surface area is 80.8 Å². The molecule has 6 heteroatoms. The second-order valence-electron chi connectivity index (χ2n) is 2.62. The quantitative estimate of drug-likeness (QED) is 0.747. The van der Waals surface area contributed by atoms with Gasteiger partial charge < -0.3 is 0 Å². The first-order valence-electron chi connectivity index (χ1n) is 3.62. The zero-order valence-corrected chi connectivity index (χ0v) is 8.06. The van der Waals surface area contributed by atoms with Gasteiger partial charge in [0.25, 0.3) is 10.0 Å². The number of sulfonamides is 1. The topological polar surface area (TPSA) is 63.2 Å². The predicted octanol–water partition coefficient (Wildman–Crippen LogP) is 0.480. The van der Waals surface area contributed by atoms with Gasteiger partial charge >= 0.3 is 6.41 Å². The van der Waals surface area contributed by atoms with Crippen LogP contribution in [0.2, 0.25) is 0 Å². The summed E-state index contributed by atoms with van der Waals surface area (Å²) >= 11 is 0. The molecule has 1 aromatic rings. The molecule has 1 rings (SSSR count). The monoisotopic (exact) mass is 216 g/mol. The molecule has 0 spiro atoms. The van der Waals surface area contributed by atoms with E-state index in [-0.39, 0.29) is 10.5 Å². The number of nitrogens with one attached hydrogen (secondary N) is 1. The van der Waals surface area contributed by atoms with Crippen molar-refractivity contribution in [3.8, 4) is 0 Å². The Bertz CT molecular complexity index is 456. The van der Waals surface area contributed by atoms with E-state index >= 15 is 0 Å². The largest absolute Gasteiger partial charge is 0.324 e. The highest BCUT2D eigenvalue weighted by Gasteiger charge is 2.16. The zero-order valence-electron chi connectivity index (χ0n) is 7.24. The molecule has 0 heterocycles. The van der Waals surface area contributed by atoms with Crippen LogP contribution in [-0.2, 0) is 14.8 Å². The first-order valence-corrected chi connectivity index (χ1v) is 5.11. The summed E-state index contributed by atoms with van der Waals surface area (Å²) in [7, 11) is -3.90. The van der Waals surface area contributed by atoms with Crippen molar-refractivity contribution in [2.24, 2.45) is 0 Å². The summed E-state index contributed by atoms with van der Waals surface area (Å²) in [6.07, 6.45) is 1.07. The van der Waals surface area contributed by atoms with Crippen LogP contribution in [0.4, 0.5) is 4.39 Å². The van der Waals surface area contributed by atoms with E-state index in [0.717, 1.165) is 24.6 Å². The van der Waals surface area contributed by atoms with Crippen LogP contribution in [-0.4, -0.2) is 14.8 Å². The second-order valence-corrected chi connectivity index (χ2v) is 4.27. The van der Waals surface area contributed by atoms with Gasteiger partial charge in [0.1, 0.15) is 5.82 Å². The molecule has 0 saturated heterocycles. The molecule has 0 fully saturated rings. The highest BCUT2D eigenvalue weighted by molar-refractivity contribution is 7.90. The van der Waals surface area contributed by atoms with Gasteiger partial charge in [-0.2, -0.15) is 0 Å². The summed E-state index contributed by atoms with van der Waals surface area (Å²) in [6, 6.07) is 3.16. The SMILES string of the molecule is Cc1cc(F)ccc1S(=O)(=O)N[C]=O. The maximum atomic E-state index is 12.6. The Balaban J connectivity index is 3.26. The summed E-state index contributed by atoms with van der Waals surface area (Å²) in [5, 5.41) is 0. The lowest BCUT2D eigenvalue weighted by Crippen LogP contribution is -2.22. The smallest absolute Gasteiger partial charge is 0.262 e. The molecule has 1 amide bonds. The van der Waals surface area contributed by atoms with Crippen molar-refractivity contribution in [2.75, 3.05) is 0 Å². The van der Waals surface area contributed by atoms with E-state index in [0.29, 0.717) is 0 Å². The van der Waals surface area contributed by atoms with Crippen molar-refractivity contribution in [1.29, 1.82) is 0 Å². The normalized spacial score (nSPS) is 11.0. The summed E-state index contributed by atoms with van der Waals surface area (Å²) < 4.78 is 36.7. The molecular weight excluding hydrogens is 209 g/mol. The van der Waals surface area contributed by atoms with Crippen molar-refractivity contribution in [2.45, 2.75) is 11.8 Å². The van der Waals surface area contributed by atoms with E-state index < -0.39 is 15.8 Å². The highest BCUT2D eigenvalue weighted by atomic mass is 32.2. The van der Waals surface area contributed by atoms with Crippen LogP contribution in [0, 0.1) is 12.7 Å². The minimum atomic E-state index is -3.90. The predicted molar refractivity (Wildman–Crippen MR) is 47.2 cm³/mol. The lowest BCUT2D eigenvalue weighted by atomic mass is 10.2. The number of benzene rings is 1. The van der Waals surface area contributed by atoms with E-state index in [9.17, 15) is 17.6 Å². The third-order valence-corrected chi connectivity index (χ3v) is 2.99. The number of hydrogen-bond acceptors (Lipinski definition) is 3. The van der Waals surface area contributed by atoms with E-state index in [2.05, 4.69) is 0 Å². The van der Waals surface area contributed by atoms with Gasteiger partial charge in [-0.3, -0.25) is 4.79 Å². The summed E-state index contributed by atoms with van der Waals surface area (Å²) in [5.74, 6) is -0.531.